The summed E-state index contributed by atoms with van der Waals surface area (Å²) in [5.74, 6) is -0.669. The lowest BCUT2D eigenvalue weighted by molar-refractivity contribution is 0.104. The number of pyridine rings is 1. The van der Waals surface area contributed by atoms with E-state index in [0.717, 1.165) is 0 Å². The highest BCUT2D eigenvalue weighted by Crippen LogP contribution is 2.19. The predicted molar refractivity (Wildman–Crippen MR) is 121 cm³/mol. The van der Waals surface area contributed by atoms with E-state index in [2.05, 4.69) is 9.98 Å². The minimum atomic E-state index is -0.450. The SMILES string of the molecule is O=C(/C(C=Nc1cnc2ccc(Cl)cn2c1=O)=C(\O)c1ccccc1)c1ccccc1. The van der Waals surface area contributed by atoms with Crippen molar-refractivity contribution in [1.29, 1.82) is 0 Å². The fraction of sp³-hybridized carbons (Fsp3) is 0. The summed E-state index contributed by atoms with van der Waals surface area (Å²) in [5, 5.41) is 11.2. The number of Topliss-reactive ketones (excluding diaryl/α,β-unsaturated/α-hetero) is 1. The van der Waals surface area contributed by atoms with Crippen LogP contribution in [0.5, 0.6) is 0 Å². The number of halogens is 1. The van der Waals surface area contributed by atoms with Crippen LogP contribution in [0.1, 0.15) is 15.9 Å². The molecule has 6 nitrogen and oxygen atoms in total. The quantitative estimate of drug-likeness (QED) is 0.211. The van der Waals surface area contributed by atoms with E-state index in [-0.39, 0.29) is 17.0 Å². The molecule has 0 unspecified atom stereocenters. The first-order valence-electron chi connectivity index (χ1n) is 9.34. The summed E-state index contributed by atoms with van der Waals surface area (Å²) in [7, 11) is 0. The van der Waals surface area contributed by atoms with E-state index in [1.165, 1.54) is 23.0 Å². The van der Waals surface area contributed by atoms with Crippen LogP contribution in [0.4, 0.5) is 5.69 Å². The number of ketones is 1. The number of nitrogens with zero attached hydrogens (tertiary/aromatic N) is 3. The standard InChI is InChI=1S/C24H16ClN3O3/c25-18-11-12-21-27-14-20(24(31)28(21)15-18)26-13-19(22(29)16-7-3-1-4-8-16)23(30)17-9-5-2-6-10-17/h1-15,29H/b22-19-,26-13?. The Morgan fingerprint density at radius 2 is 1.61 bits per heavy atom. The Labute approximate surface area is 182 Å². The highest BCUT2D eigenvalue weighted by Gasteiger charge is 2.17. The molecule has 2 aromatic carbocycles. The number of carbonyl (C=O) groups is 1. The highest BCUT2D eigenvalue weighted by molar-refractivity contribution is 6.30. The van der Waals surface area contributed by atoms with Gasteiger partial charge in [0.15, 0.2) is 5.78 Å². The first-order chi connectivity index (χ1) is 15.0. The Kier molecular flexibility index (Phi) is 5.73. The largest absolute Gasteiger partial charge is 0.506 e. The molecule has 0 saturated carbocycles. The molecule has 1 N–H and O–H groups in total. The number of carbonyl (C=O) groups excluding carboxylic acids is 1. The zero-order valence-electron chi connectivity index (χ0n) is 16.1. The molecule has 4 aromatic rings. The van der Waals surface area contributed by atoms with Gasteiger partial charge in [-0.3, -0.25) is 14.0 Å². The minimum absolute atomic E-state index is 0.000935. The Balaban J connectivity index is 1.83. The normalized spacial score (nSPS) is 12.2. The molecule has 31 heavy (non-hydrogen) atoms. The van der Waals surface area contributed by atoms with Crippen LogP contribution in [0.25, 0.3) is 11.4 Å². The highest BCUT2D eigenvalue weighted by atomic mass is 35.5. The Bertz CT molecular complexity index is 1380. The number of rotatable bonds is 5. The van der Waals surface area contributed by atoms with Crippen LogP contribution in [-0.2, 0) is 0 Å². The van der Waals surface area contributed by atoms with E-state index in [1.807, 2.05) is 0 Å². The van der Waals surface area contributed by atoms with Gasteiger partial charge in [0.2, 0.25) is 0 Å². The number of aliphatic imine (C=N–C) groups is 1. The number of hydrogen-bond donors (Lipinski definition) is 1. The second-order valence-electron chi connectivity index (χ2n) is 6.61. The van der Waals surface area contributed by atoms with E-state index < -0.39 is 11.3 Å². The first-order valence-corrected chi connectivity index (χ1v) is 9.72. The Morgan fingerprint density at radius 3 is 2.29 bits per heavy atom. The summed E-state index contributed by atoms with van der Waals surface area (Å²) in [4.78, 5) is 34.2. The number of hydrogen-bond acceptors (Lipinski definition) is 5. The van der Waals surface area contributed by atoms with Crippen LogP contribution in [0.3, 0.4) is 0 Å². The molecule has 2 aromatic heterocycles. The number of benzene rings is 2. The van der Waals surface area contributed by atoms with Crippen molar-refractivity contribution in [1.82, 2.24) is 9.38 Å². The lowest BCUT2D eigenvalue weighted by atomic mass is 10.0. The third-order valence-corrected chi connectivity index (χ3v) is 4.79. The molecule has 0 amide bonds. The molecule has 0 spiro atoms. The molecule has 0 aliphatic rings. The maximum absolute atomic E-state index is 13.1. The Hall–Kier alpha value is -4.03. The van der Waals surface area contributed by atoms with Crippen LogP contribution in [0.2, 0.25) is 5.02 Å². The lowest BCUT2D eigenvalue weighted by Crippen LogP contribution is -2.14. The second-order valence-corrected chi connectivity index (χ2v) is 7.04. The molecule has 0 aliphatic carbocycles. The van der Waals surface area contributed by atoms with Gasteiger partial charge < -0.3 is 5.11 Å². The van der Waals surface area contributed by atoms with Crippen LogP contribution < -0.4 is 5.56 Å². The number of fused-ring (bicyclic) bond motifs is 1. The summed E-state index contributed by atoms with van der Waals surface area (Å²) in [6.07, 6.45) is 3.94. The van der Waals surface area contributed by atoms with Gasteiger partial charge in [-0.25, -0.2) is 9.98 Å². The number of aliphatic hydroxyl groups is 1. The smallest absolute Gasteiger partial charge is 0.283 e. The van der Waals surface area contributed by atoms with Crippen LogP contribution in [0, 0.1) is 0 Å². The van der Waals surface area contributed by atoms with Gasteiger partial charge in [0.05, 0.1) is 16.8 Å². The molecule has 0 aliphatic heterocycles. The monoisotopic (exact) mass is 429 g/mol. The first kappa shape index (κ1) is 20.3. The van der Waals surface area contributed by atoms with Gasteiger partial charge >= 0.3 is 0 Å². The van der Waals surface area contributed by atoms with Crippen LogP contribution in [-0.4, -0.2) is 26.5 Å². The number of allylic oxidation sites excluding steroid dienone is 1. The van der Waals surface area contributed by atoms with Gasteiger partial charge in [-0.1, -0.05) is 72.3 Å². The number of aromatic nitrogens is 2. The van der Waals surface area contributed by atoms with Crippen molar-refractivity contribution in [3.8, 4) is 0 Å². The second kappa shape index (κ2) is 8.77. The summed E-state index contributed by atoms with van der Waals surface area (Å²) in [6, 6.07) is 20.4. The van der Waals surface area contributed by atoms with E-state index in [0.29, 0.717) is 21.8 Å². The van der Waals surface area contributed by atoms with Gasteiger partial charge in [-0.2, -0.15) is 0 Å². The van der Waals surface area contributed by atoms with Crippen molar-refractivity contribution in [3.05, 3.63) is 117 Å². The summed E-state index contributed by atoms with van der Waals surface area (Å²) in [6.45, 7) is 0. The van der Waals surface area contributed by atoms with E-state index in [1.54, 1.807) is 72.8 Å². The van der Waals surface area contributed by atoms with Gasteiger partial charge in [0.25, 0.3) is 5.56 Å². The molecule has 4 rings (SSSR count). The van der Waals surface area contributed by atoms with Crippen LogP contribution in [0.15, 0.2) is 101 Å². The molecule has 7 heteroatoms. The van der Waals surface area contributed by atoms with Gasteiger partial charge in [-0.15, -0.1) is 0 Å². The fourth-order valence-corrected chi connectivity index (χ4v) is 3.15. The predicted octanol–water partition coefficient (Wildman–Crippen LogP) is 4.90. The molecule has 0 fully saturated rings. The van der Waals surface area contributed by atoms with Crippen LogP contribution >= 0.6 is 11.6 Å². The van der Waals surface area contributed by atoms with E-state index in [9.17, 15) is 14.7 Å². The van der Waals surface area contributed by atoms with Crippen molar-refractivity contribution in [2.75, 3.05) is 0 Å². The molecular formula is C24H16ClN3O3. The van der Waals surface area contributed by atoms with Gasteiger partial charge in [0.1, 0.15) is 17.1 Å². The summed E-state index contributed by atoms with van der Waals surface area (Å²) in [5.41, 5.74) is 0.748. The van der Waals surface area contributed by atoms with E-state index >= 15 is 0 Å². The zero-order chi connectivity index (χ0) is 21.8. The van der Waals surface area contributed by atoms with Gasteiger partial charge in [-0.05, 0) is 12.1 Å². The van der Waals surface area contributed by atoms with Gasteiger partial charge in [0, 0.05) is 23.5 Å². The van der Waals surface area contributed by atoms with Crippen molar-refractivity contribution < 1.29 is 9.90 Å². The van der Waals surface area contributed by atoms with E-state index in [4.69, 9.17) is 11.6 Å². The molecule has 2 heterocycles. The molecule has 0 atom stereocenters. The Morgan fingerprint density at radius 1 is 0.968 bits per heavy atom. The zero-order valence-corrected chi connectivity index (χ0v) is 16.9. The topological polar surface area (TPSA) is 84.0 Å². The molecular weight excluding hydrogens is 414 g/mol. The molecule has 0 bridgehead atoms. The number of aliphatic hydroxyl groups excluding tert-OH is 1. The molecule has 0 radical (unpaired) electrons. The molecule has 152 valence electrons. The maximum atomic E-state index is 13.1. The summed E-state index contributed by atoms with van der Waals surface area (Å²) < 4.78 is 1.27. The average molecular weight is 430 g/mol. The lowest BCUT2D eigenvalue weighted by Gasteiger charge is -2.07. The average Bonchev–Trinajstić information content (AvgIpc) is 2.81. The van der Waals surface area contributed by atoms with Crippen molar-refractivity contribution in [2.24, 2.45) is 4.99 Å². The maximum Gasteiger partial charge on any atom is 0.283 e. The summed E-state index contributed by atoms with van der Waals surface area (Å²) >= 11 is 5.98. The van der Waals surface area contributed by atoms with Crippen molar-refractivity contribution >= 4 is 40.7 Å². The molecule has 0 saturated heterocycles. The third kappa shape index (κ3) is 4.29. The minimum Gasteiger partial charge on any atom is -0.506 e. The van der Waals surface area contributed by atoms with Crippen molar-refractivity contribution in [3.63, 3.8) is 0 Å². The van der Waals surface area contributed by atoms with Crippen molar-refractivity contribution in [2.45, 2.75) is 0 Å². The third-order valence-electron chi connectivity index (χ3n) is 4.56. The fourth-order valence-electron chi connectivity index (χ4n) is 2.99.